The van der Waals surface area contributed by atoms with Gasteiger partial charge in [-0.15, -0.1) is 0 Å². The SMILES string of the molecule is C[C@H](CCO)NC(=O)Nc1ccc(F)cc1OC(F)F. The van der Waals surface area contributed by atoms with Crippen LogP contribution in [0.2, 0.25) is 0 Å². The molecule has 0 aromatic heterocycles. The number of urea groups is 1. The van der Waals surface area contributed by atoms with Crippen molar-refractivity contribution in [2.45, 2.75) is 26.0 Å². The number of amides is 2. The highest BCUT2D eigenvalue weighted by atomic mass is 19.3. The smallest absolute Gasteiger partial charge is 0.387 e. The molecule has 1 atom stereocenters. The second kappa shape index (κ2) is 7.59. The van der Waals surface area contributed by atoms with Gasteiger partial charge in [0.15, 0.2) is 5.75 Å². The van der Waals surface area contributed by atoms with Gasteiger partial charge in [0.1, 0.15) is 5.82 Å². The molecule has 0 radical (unpaired) electrons. The molecular formula is C12H15F3N2O3. The number of benzene rings is 1. The maximum Gasteiger partial charge on any atom is 0.387 e. The largest absolute Gasteiger partial charge is 0.432 e. The van der Waals surface area contributed by atoms with Crippen molar-refractivity contribution in [1.29, 1.82) is 0 Å². The fourth-order valence-corrected chi connectivity index (χ4v) is 1.44. The highest BCUT2D eigenvalue weighted by Crippen LogP contribution is 2.26. The van der Waals surface area contributed by atoms with Crippen LogP contribution in [0.15, 0.2) is 18.2 Å². The number of alkyl halides is 2. The maximum absolute atomic E-state index is 13.0. The standard InChI is InChI=1S/C12H15F3N2O3/c1-7(4-5-18)16-12(19)17-9-3-2-8(13)6-10(9)20-11(14)15/h2-3,6-7,11,18H,4-5H2,1H3,(H2,16,17,19)/t7-/m1/s1. The van der Waals surface area contributed by atoms with E-state index in [1.807, 2.05) is 0 Å². The second-order valence-electron chi connectivity index (χ2n) is 4.03. The number of aliphatic hydroxyl groups excluding tert-OH is 1. The van der Waals surface area contributed by atoms with Crippen molar-refractivity contribution in [3.05, 3.63) is 24.0 Å². The van der Waals surface area contributed by atoms with E-state index in [-0.39, 0.29) is 18.3 Å². The zero-order chi connectivity index (χ0) is 15.1. The first-order chi connectivity index (χ1) is 9.42. The van der Waals surface area contributed by atoms with Gasteiger partial charge in [-0.05, 0) is 25.5 Å². The highest BCUT2D eigenvalue weighted by molar-refractivity contribution is 5.91. The number of nitrogens with one attached hydrogen (secondary N) is 2. The molecule has 0 aliphatic heterocycles. The Hall–Kier alpha value is -1.96. The van der Waals surface area contributed by atoms with Crippen molar-refractivity contribution < 1.29 is 27.8 Å². The molecule has 20 heavy (non-hydrogen) atoms. The van der Waals surface area contributed by atoms with Crippen molar-refractivity contribution in [3.63, 3.8) is 0 Å². The minimum atomic E-state index is -3.13. The van der Waals surface area contributed by atoms with Crippen LogP contribution in [0, 0.1) is 5.82 Å². The van der Waals surface area contributed by atoms with Crippen molar-refractivity contribution in [2.24, 2.45) is 0 Å². The van der Waals surface area contributed by atoms with Crippen LogP contribution in [-0.4, -0.2) is 30.4 Å². The molecule has 0 heterocycles. The molecule has 0 aliphatic carbocycles. The predicted octanol–water partition coefficient (Wildman–Crippen LogP) is 2.32. The van der Waals surface area contributed by atoms with Gasteiger partial charge in [0.05, 0.1) is 5.69 Å². The molecule has 0 saturated heterocycles. The Balaban J connectivity index is 2.73. The summed E-state index contributed by atoms with van der Waals surface area (Å²) in [7, 11) is 0. The summed E-state index contributed by atoms with van der Waals surface area (Å²) in [5.41, 5.74) is -0.0830. The van der Waals surface area contributed by atoms with Gasteiger partial charge in [0.25, 0.3) is 0 Å². The van der Waals surface area contributed by atoms with Crippen molar-refractivity contribution in [3.8, 4) is 5.75 Å². The highest BCUT2D eigenvalue weighted by Gasteiger charge is 2.14. The van der Waals surface area contributed by atoms with Crippen LogP contribution < -0.4 is 15.4 Å². The van der Waals surface area contributed by atoms with E-state index in [1.165, 1.54) is 0 Å². The Morgan fingerprint density at radius 1 is 1.45 bits per heavy atom. The lowest BCUT2D eigenvalue weighted by Crippen LogP contribution is -2.36. The van der Waals surface area contributed by atoms with Crippen molar-refractivity contribution in [1.82, 2.24) is 5.32 Å². The Morgan fingerprint density at radius 3 is 2.75 bits per heavy atom. The first kappa shape index (κ1) is 16.1. The molecule has 3 N–H and O–H groups in total. The topological polar surface area (TPSA) is 70.6 Å². The number of carbonyl (C=O) groups is 1. The van der Waals surface area contributed by atoms with Crippen LogP contribution in [0.3, 0.4) is 0 Å². The fraction of sp³-hybridized carbons (Fsp3) is 0.417. The summed E-state index contributed by atoms with van der Waals surface area (Å²) in [6, 6.07) is 1.89. The molecule has 1 aromatic rings. The molecule has 112 valence electrons. The third-order valence-corrected chi connectivity index (χ3v) is 2.35. The average Bonchev–Trinajstić information content (AvgIpc) is 2.32. The molecule has 0 spiro atoms. The average molecular weight is 292 g/mol. The van der Waals surface area contributed by atoms with Crippen molar-refractivity contribution in [2.75, 3.05) is 11.9 Å². The van der Waals surface area contributed by atoms with Crippen LogP contribution >= 0.6 is 0 Å². The summed E-state index contributed by atoms with van der Waals surface area (Å²) in [5, 5.41) is 13.4. The summed E-state index contributed by atoms with van der Waals surface area (Å²) < 4.78 is 41.4. The molecule has 0 aliphatic rings. The van der Waals surface area contributed by atoms with Crippen LogP contribution in [0.5, 0.6) is 5.75 Å². The zero-order valence-electron chi connectivity index (χ0n) is 10.7. The first-order valence-electron chi connectivity index (χ1n) is 5.85. The Kier molecular flexibility index (Phi) is 6.10. The normalized spacial score (nSPS) is 12.1. The van der Waals surface area contributed by atoms with E-state index in [2.05, 4.69) is 15.4 Å². The molecule has 0 saturated carbocycles. The number of ether oxygens (including phenoxy) is 1. The second-order valence-corrected chi connectivity index (χ2v) is 4.03. The zero-order valence-corrected chi connectivity index (χ0v) is 10.7. The van der Waals surface area contributed by atoms with Crippen LogP contribution in [0.1, 0.15) is 13.3 Å². The Labute approximate surface area is 113 Å². The molecule has 5 nitrogen and oxygen atoms in total. The minimum absolute atomic E-state index is 0.0830. The fourth-order valence-electron chi connectivity index (χ4n) is 1.44. The third-order valence-electron chi connectivity index (χ3n) is 2.35. The number of carbonyl (C=O) groups excluding carboxylic acids is 1. The molecule has 1 rings (SSSR count). The monoisotopic (exact) mass is 292 g/mol. The molecule has 0 bridgehead atoms. The number of halogens is 3. The van der Waals surface area contributed by atoms with Crippen LogP contribution in [0.25, 0.3) is 0 Å². The third kappa shape index (κ3) is 5.35. The summed E-state index contributed by atoms with van der Waals surface area (Å²) in [6.07, 6.45) is 0.344. The van der Waals surface area contributed by atoms with Gasteiger partial charge < -0.3 is 20.5 Å². The van der Waals surface area contributed by atoms with E-state index < -0.39 is 24.2 Å². The molecule has 8 heteroatoms. The van der Waals surface area contributed by atoms with Gasteiger partial charge in [-0.25, -0.2) is 9.18 Å². The van der Waals surface area contributed by atoms with E-state index in [1.54, 1.807) is 6.92 Å². The molecule has 1 aromatic carbocycles. The Morgan fingerprint density at radius 2 is 2.15 bits per heavy atom. The summed E-state index contributed by atoms with van der Waals surface area (Å²) >= 11 is 0. The van der Waals surface area contributed by atoms with Gasteiger partial charge >= 0.3 is 12.6 Å². The predicted molar refractivity (Wildman–Crippen MR) is 66.4 cm³/mol. The maximum atomic E-state index is 13.0. The summed E-state index contributed by atoms with van der Waals surface area (Å²) in [4.78, 5) is 11.6. The molecule has 2 amide bonds. The summed E-state index contributed by atoms with van der Waals surface area (Å²) in [5.74, 6) is -1.23. The first-order valence-corrected chi connectivity index (χ1v) is 5.85. The molecular weight excluding hydrogens is 277 g/mol. The van der Waals surface area contributed by atoms with E-state index >= 15 is 0 Å². The number of hydrogen-bond acceptors (Lipinski definition) is 3. The van der Waals surface area contributed by atoms with Gasteiger partial charge in [-0.1, -0.05) is 0 Å². The van der Waals surface area contributed by atoms with Crippen LogP contribution in [0.4, 0.5) is 23.7 Å². The van der Waals surface area contributed by atoms with Gasteiger partial charge in [0, 0.05) is 18.7 Å². The lowest BCUT2D eigenvalue weighted by Gasteiger charge is -2.15. The van der Waals surface area contributed by atoms with Crippen molar-refractivity contribution >= 4 is 11.7 Å². The van der Waals surface area contributed by atoms with E-state index in [4.69, 9.17) is 5.11 Å². The lowest BCUT2D eigenvalue weighted by molar-refractivity contribution is -0.0495. The number of rotatable bonds is 6. The Bertz CT molecular complexity index is 458. The van der Waals surface area contributed by atoms with E-state index in [0.29, 0.717) is 6.42 Å². The lowest BCUT2D eigenvalue weighted by atomic mass is 10.2. The van der Waals surface area contributed by atoms with Gasteiger partial charge in [0.2, 0.25) is 0 Å². The van der Waals surface area contributed by atoms with E-state index in [0.717, 1.165) is 18.2 Å². The van der Waals surface area contributed by atoms with Crippen LogP contribution in [-0.2, 0) is 0 Å². The molecule has 0 unspecified atom stereocenters. The number of aliphatic hydroxyl groups is 1. The number of hydrogen-bond donors (Lipinski definition) is 3. The minimum Gasteiger partial charge on any atom is -0.432 e. The molecule has 0 fully saturated rings. The van der Waals surface area contributed by atoms with Gasteiger partial charge in [-0.2, -0.15) is 8.78 Å². The quantitative estimate of drug-likeness (QED) is 0.753. The summed E-state index contributed by atoms with van der Waals surface area (Å²) in [6.45, 7) is -1.57. The van der Waals surface area contributed by atoms with Gasteiger partial charge in [-0.3, -0.25) is 0 Å². The number of anilines is 1. The van der Waals surface area contributed by atoms with E-state index in [9.17, 15) is 18.0 Å².